The van der Waals surface area contributed by atoms with Gasteiger partial charge in [-0.1, -0.05) is 56.4 Å². The summed E-state index contributed by atoms with van der Waals surface area (Å²) in [5.74, 6) is -0.849. The summed E-state index contributed by atoms with van der Waals surface area (Å²) in [6, 6.07) is 7.76. The first kappa shape index (κ1) is 24.7. The lowest BCUT2D eigenvalue weighted by atomic mass is 9.89. The monoisotopic (exact) mass is 477 g/mol. The Labute approximate surface area is 206 Å². The Bertz CT molecular complexity index is 1010. The molecule has 3 N–H and O–H groups in total. The highest BCUT2D eigenvalue weighted by Crippen LogP contribution is 2.28. The van der Waals surface area contributed by atoms with Crippen LogP contribution in [0.5, 0.6) is 0 Å². The number of nitrogens with one attached hydrogen (secondary N) is 3. The molecule has 0 unspecified atom stereocenters. The van der Waals surface area contributed by atoms with Gasteiger partial charge >= 0.3 is 12.1 Å². The van der Waals surface area contributed by atoms with E-state index in [2.05, 4.69) is 16.0 Å². The molecule has 8 heteroatoms. The Kier molecular flexibility index (Phi) is 8.34. The van der Waals surface area contributed by atoms with E-state index in [1.807, 2.05) is 18.6 Å². The molecule has 0 aromatic heterocycles. The van der Waals surface area contributed by atoms with Crippen molar-refractivity contribution < 1.29 is 19.2 Å². The van der Waals surface area contributed by atoms with E-state index >= 15 is 0 Å². The lowest BCUT2D eigenvalue weighted by Crippen LogP contribution is -2.47. The molecule has 0 bridgehead atoms. The zero-order chi connectivity index (χ0) is 24.6. The number of carbonyl (C=O) groups is 4. The summed E-state index contributed by atoms with van der Waals surface area (Å²) in [4.78, 5) is 52.7. The van der Waals surface area contributed by atoms with Gasteiger partial charge in [-0.2, -0.15) is 0 Å². The molecule has 2 saturated carbocycles. The minimum Gasteiger partial charge on any atom is -0.306 e. The molecule has 1 radical (unpaired) electrons. The van der Waals surface area contributed by atoms with Gasteiger partial charge in [-0.25, -0.2) is 9.59 Å². The van der Waals surface area contributed by atoms with Crippen LogP contribution in [0.25, 0.3) is 0 Å². The largest absolute Gasteiger partial charge is 0.332 e. The number of allylic oxidation sites excluding steroid dienone is 3. The SMILES string of the molecule is O=C(NC(=O)C1CCCCC1)NC1=C(N(C(=O)NC(=O)C2CCCC2)c2ccccc2)[CH]CC=C1. The standard InChI is InChI=1S/C27H33N4O4/c32-24(19-11-3-1-4-12-19)29-26(34)28-22-17-9-10-18-23(22)31(21-15-5-2-6-16-21)27(35)30-25(33)20-13-7-8-14-20/h2,5-6,9,15-20H,1,3-4,7-8,10-14H2,(H,30,33,35)(H2,28,29,32,34). The lowest BCUT2D eigenvalue weighted by molar-refractivity contribution is -0.125. The van der Waals surface area contributed by atoms with E-state index < -0.39 is 12.1 Å². The zero-order valence-electron chi connectivity index (χ0n) is 19.9. The Morgan fingerprint density at radius 1 is 0.771 bits per heavy atom. The van der Waals surface area contributed by atoms with E-state index in [1.165, 1.54) is 4.90 Å². The highest BCUT2D eigenvalue weighted by molar-refractivity contribution is 6.05. The summed E-state index contributed by atoms with van der Waals surface area (Å²) in [6.07, 6.45) is 14.1. The van der Waals surface area contributed by atoms with Crippen molar-refractivity contribution in [3.05, 3.63) is 60.3 Å². The van der Waals surface area contributed by atoms with Crippen LogP contribution in [0.2, 0.25) is 0 Å². The van der Waals surface area contributed by atoms with E-state index in [1.54, 1.807) is 30.3 Å². The fourth-order valence-electron chi connectivity index (χ4n) is 5.00. The minimum absolute atomic E-state index is 0.149. The number of hydrogen-bond acceptors (Lipinski definition) is 4. The van der Waals surface area contributed by atoms with Crippen LogP contribution in [-0.4, -0.2) is 23.9 Å². The number of imide groups is 2. The lowest BCUT2D eigenvalue weighted by Gasteiger charge is -2.29. The molecule has 0 heterocycles. The van der Waals surface area contributed by atoms with Gasteiger partial charge in [0.1, 0.15) is 0 Å². The number of anilines is 1. The molecule has 1 aromatic carbocycles. The molecule has 3 aliphatic rings. The predicted molar refractivity (Wildman–Crippen MR) is 133 cm³/mol. The molecule has 6 amide bonds. The smallest absolute Gasteiger partial charge is 0.306 e. The van der Waals surface area contributed by atoms with Crippen LogP contribution in [-0.2, 0) is 9.59 Å². The van der Waals surface area contributed by atoms with Crippen molar-refractivity contribution in [1.29, 1.82) is 0 Å². The molecule has 0 spiro atoms. The van der Waals surface area contributed by atoms with E-state index in [9.17, 15) is 19.2 Å². The minimum atomic E-state index is -0.636. The number of hydrogen-bond donors (Lipinski definition) is 3. The summed E-state index contributed by atoms with van der Waals surface area (Å²) in [6.45, 7) is 0. The van der Waals surface area contributed by atoms with Crippen LogP contribution < -0.4 is 20.9 Å². The van der Waals surface area contributed by atoms with Gasteiger partial charge in [0.15, 0.2) is 0 Å². The van der Waals surface area contributed by atoms with Crippen molar-refractivity contribution in [2.24, 2.45) is 11.8 Å². The van der Waals surface area contributed by atoms with E-state index in [0.29, 0.717) is 23.5 Å². The number of amides is 6. The highest BCUT2D eigenvalue weighted by atomic mass is 16.2. The highest BCUT2D eigenvalue weighted by Gasteiger charge is 2.30. The van der Waals surface area contributed by atoms with Crippen molar-refractivity contribution in [2.45, 2.75) is 64.2 Å². The second-order valence-corrected chi connectivity index (χ2v) is 9.37. The molecule has 2 fully saturated rings. The number of carbonyl (C=O) groups excluding carboxylic acids is 4. The quantitative estimate of drug-likeness (QED) is 0.571. The van der Waals surface area contributed by atoms with Gasteiger partial charge in [-0.05, 0) is 50.3 Å². The fourth-order valence-corrected chi connectivity index (χ4v) is 5.00. The molecule has 3 aliphatic carbocycles. The molecule has 1 aromatic rings. The number of benzene rings is 1. The van der Waals surface area contributed by atoms with Gasteiger partial charge in [-0.3, -0.25) is 25.1 Å². The van der Waals surface area contributed by atoms with Crippen molar-refractivity contribution in [3.8, 4) is 0 Å². The van der Waals surface area contributed by atoms with Crippen LogP contribution in [0.3, 0.4) is 0 Å². The van der Waals surface area contributed by atoms with E-state index in [4.69, 9.17) is 0 Å². The Balaban J connectivity index is 1.53. The van der Waals surface area contributed by atoms with Crippen LogP contribution >= 0.6 is 0 Å². The average molecular weight is 478 g/mol. The number of para-hydroxylation sites is 1. The van der Waals surface area contributed by atoms with Gasteiger partial charge in [0.05, 0.1) is 17.1 Å². The number of nitrogens with zero attached hydrogens (tertiary/aromatic N) is 1. The van der Waals surface area contributed by atoms with Crippen LogP contribution in [0, 0.1) is 18.3 Å². The van der Waals surface area contributed by atoms with Gasteiger partial charge < -0.3 is 5.32 Å². The van der Waals surface area contributed by atoms with Crippen molar-refractivity contribution in [1.82, 2.24) is 16.0 Å². The molecule has 35 heavy (non-hydrogen) atoms. The van der Waals surface area contributed by atoms with Gasteiger partial charge in [0.2, 0.25) is 11.8 Å². The van der Waals surface area contributed by atoms with Crippen molar-refractivity contribution in [3.63, 3.8) is 0 Å². The summed E-state index contributed by atoms with van der Waals surface area (Å²) >= 11 is 0. The molecule has 4 rings (SSSR count). The normalized spacial score (nSPS) is 18.7. The van der Waals surface area contributed by atoms with Crippen LogP contribution in [0.15, 0.2) is 53.9 Å². The molecule has 185 valence electrons. The zero-order valence-corrected chi connectivity index (χ0v) is 19.9. The maximum Gasteiger partial charge on any atom is 0.332 e. The molecular formula is C27H33N4O4. The number of rotatable bonds is 5. The van der Waals surface area contributed by atoms with Crippen LogP contribution in [0.4, 0.5) is 15.3 Å². The van der Waals surface area contributed by atoms with Crippen LogP contribution in [0.1, 0.15) is 64.2 Å². The molecule has 0 atom stereocenters. The van der Waals surface area contributed by atoms with Gasteiger partial charge in [-0.15, -0.1) is 0 Å². The summed E-state index contributed by atoms with van der Waals surface area (Å²) in [5.41, 5.74) is 1.37. The number of urea groups is 2. The first-order chi connectivity index (χ1) is 17.0. The summed E-state index contributed by atoms with van der Waals surface area (Å²) in [5, 5.41) is 7.74. The first-order valence-corrected chi connectivity index (χ1v) is 12.6. The summed E-state index contributed by atoms with van der Waals surface area (Å²) in [7, 11) is 0. The Morgan fingerprint density at radius 2 is 1.37 bits per heavy atom. The third-order valence-electron chi connectivity index (χ3n) is 6.88. The second kappa shape index (κ2) is 11.8. The van der Waals surface area contributed by atoms with Gasteiger partial charge in [0, 0.05) is 18.3 Å². The predicted octanol–water partition coefficient (Wildman–Crippen LogP) is 4.70. The second-order valence-electron chi connectivity index (χ2n) is 9.37. The topological polar surface area (TPSA) is 108 Å². The molecule has 0 saturated heterocycles. The molecule has 8 nitrogen and oxygen atoms in total. The molecule has 0 aliphatic heterocycles. The van der Waals surface area contributed by atoms with E-state index in [0.717, 1.165) is 57.8 Å². The Hall–Kier alpha value is -3.42. The third kappa shape index (κ3) is 6.38. The van der Waals surface area contributed by atoms with Gasteiger partial charge in [0.25, 0.3) is 0 Å². The van der Waals surface area contributed by atoms with Crippen molar-refractivity contribution >= 4 is 29.6 Å². The third-order valence-corrected chi connectivity index (χ3v) is 6.88. The summed E-state index contributed by atoms with van der Waals surface area (Å²) < 4.78 is 0. The fraction of sp³-hybridized carbons (Fsp3) is 0.444. The maximum atomic E-state index is 13.4. The van der Waals surface area contributed by atoms with E-state index in [-0.39, 0.29) is 23.7 Å². The molecular weight excluding hydrogens is 444 g/mol. The maximum absolute atomic E-state index is 13.4. The van der Waals surface area contributed by atoms with Crippen molar-refractivity contribution in [2.75, 3.05) is 4.90 Å². The Morgan fingerprint density at radius 3 is 2.03 bits per heavy atom. The average Bonchev–Trinajstić information content (AvgIpc) is 3.42. The first-order valence-electron chi connectivity index (χ1n) is 12.6.